The van der Waals surface area contributed by atoms with Crippen LogP contribution in [-0.2, 0) is 9.31 Å². The lowest BCUT2D eigenvalue weighted by Gasteiger charge is -2.32. The van der Waals surface area contributed by atoms with Gasteiger partial charge in [-0.3, -0.25) is 0 Å². The monoisotopic (exact) mass is 274 g/mol. The van der Waals surface area contributed by atoms with E-state index in [1.165, 1.54) is 0 Å². The van der Waals surface area contributed by atoms with Crippen molar-refractivity contribution in [3.05, 3.63) is 12.7 Å². The second-order valence-corrected chi connectivity index (χ2v) is 6.18. The van der Waals surface area contributed by atoms with Gasteiger partial charge in [0.2, 0.25) is 0 Å². The van der Waals surface area contributed by atoms with Gasteiger partial charge in [0.15, 0.2) is 0 Å². The molecule has 2 nitrogen and oxygen atoms in total. The number of hydrogen-bond acceptors (Lipinski definition) is 2. The summed E-state index contributed by atoms with van der Waals surface area (Å²) < 4.78 is 12.1. The van der Waals surface area contributed by atoms with Crippen LogP contribution in [-0.4, -0.2) is 23.0 Å². The highest BCUT2D eigenvalue weighted by Gasteiger charge is 2.53. The van der Waals surface area contributed by atoms with Crippen LogP contribution in [0.2, 0.25) is 0 Å². The molecule has 1 aliphatic rings. The van der Waals surface area contributed by atoms with Crippen LogP contribution in [0.4, 0.5) is 0 Å². The molecule has 0 N–H and O–H groups in total. The van der Waals surface area contributed by atoms with E-state index in [-0.39, 0.29) is 23.0 Å². The van der Waals surface area contributed by atoms with Crippen molar-refractivity contribution >= 4 is 23.0 Å². The summed E-state index contributed by atoms with van der Waals surface area (Å²) in [6.45, 7) is 12.0. The van der Waals surface area contributed by atoms with Gasteiger partial charge >= 0.3 is 7.12 Å². The minimum absolute atomic E-state index is 0.157. The molecule has 0 spiro atoms. The summed E-state index contributed by atoms with van der Waals surface area (Å²) in [5.41, 5.74) is -0.476. The molecule has 0 aromatic carbocycles. The van der Waals surface area contributed by atoms with Crippen molar-refractivity contribution in [2.45, 2.75) is 56.5 Å². The zero-order valence-corrected chi connectivity index (χ0v) is 11.6. The Kier molecular flexibility index (Phi) is 4.07. The Morgan fingerprint density at radius 1 is 1.27 bits per heavy atom. The van der Waals surface area contributed by atoms with Crippen LogP contribution in [0.1, 0.15) is 40.5 Å². The van der Waals surface area contributed by atoms with E-state index < -0.39 is 0 Å². The topological polar surface area (TPSA) is 18.5 Å². The summed E-state index contributed by atoms with van der Waals surface area (Å²) in [6, 6.07) is 0. The first kappa shape index (κ1) is 13.3. The van der Waals surface area contributed by atoms with Crippen molar-refractivity contribution < 1.29 is 9.31 Å². The van der Waals surface area contributed by atoms with Crippen molar-refractivity contribution in [1.82, 2.24) is 0 Å². The Morgan fingerprint density at radius 2 is 1.73 bits per heavy atom. The van der Waals surface area contributed by atoms with E-state index in [1.807, 2.05) is 6.08 Å². The maximum absolute atomic E-state index is 5.92. The average Bonchev–Trinajstić information content (AvgIpc) is 2.32. The van der Waals surface area contributed by atoms with Crippen molar-refractivity contribution in [2.75, 3.05) is 0 Å². The Morgan fingerprint density at radius 3 is 2.13 bits per heavy atom. The molecule has 0 radical (unpaired) electrons. The first-order valence-electron chi connectivity index (χ1n) is 5.41. The van der Waals surface area contributed by atoms with Gasteiger partial charge in [-0.2, -0.15) is 0 Å². The van der Waals surface area contributed by atoms with Crippen LogP contribution in [0.15, 0.2) is 12.7 Å². The third-order valence-electron chi connectivity index (χ3n) is 3.21. The van der Waals surface area contributed by atoms with Gasteiger partial charge in [0, 0.05) is 0 Å². The summed E-state index contributed by atoms with van der Waals surface area (Å²) in [5, 5.41) is 0. The molecule has 1 rings (SSSR count). The van der Waals surface area contributed by atoms with Crippen LogP contribution >= 0.6 is 15.9 Å². The predicted octanol–water partition coefficient (Wildman–Crippen LogP) is 3.35. The summed E-state index contributed by atoms with van der Waals surface area (Å²) >= 11 is 3.61. The van der Waals surface area contributed by atoms with Gasteiger partial charge in [0.25, 0.3) is 0 Å². The highest BCUT2D eigenvalue weighted by Crippen LogP contribution is 2.39. The largest absolute Gasteiger partial charge is 0.472 e. The molecule has 1 unspecified atom stereocenters. The SMILES string of the molecule is C=CCCC(Br)B1OC(C)(C)C(C)(C)O1. The molecule has 86 valence electrons. The molecular formula is C11H20BBrO2. The van der Waals surface area contributed by atoms with Gasteiger partial charge < -0.3 is 9.31 Å². The smallest absolute Gasteiger partial charge is 0.403 e. The molecular weight excluding hydrogens is 255 g/mol. The van der Waals surface area contributed by atoms with Crippen LogP contribution < -0.4 is 0 Å². The zero-order valence-electron chi connectivity index (χ0n) is 10.0. The van der Waals surface area contributed by atoms with E-state index in [2.05, 4.69) is 50.2 Å². The quantitative estimate of drug-likeness (QED) is 0.445. The second-order valence-electron chi connectivity index (χ2n) is 5.01. The van der Waals surface area contributed by atoms with E-state index in [9.17, 15) is 0 Å². The van der Waals surface area contributed by atoms with E-state index in [1.54, 1.807) is 0 Å². The molecule has 0 bridgehead atoms. The molecule has 1 aliphatic heterocycles. The van der Waals surface area contributed by atoms with E-state index >= 15 is 0 Å². The number of hydrogen-bond donors (Lipinski definition) is 0. The summed E-state index contributed by atoms with van der Waals surface area (Å²) in [6.07, 6.45) is 3.87. The van der Waals surface area contributed by atoms with Crippen LogP contribution in [0, 0.1) is 0 Å². The fourth-order valence-corrected chi connectivity index (χ4v) is 1.93. The van der Waals surface area contributed by atoms with Crippen molar-refractivity contribution in [1.29, 1.82) is 0 Å². The number of alkyl halides is 1. The first-order chi connectivity index (χ1) is 6.80. The minimum atomic E-state index is -0.238. The molecule has 15 heavy (non-hydrogen) atoms. The van der Waals surface area contributed by atoms with E-state index in [0.717, 1.165) is 12.8 Å². The molecule has 1 atom stereocenters. The maximum atomic E-state index is 5.92. The van der Waals surface area contributed by atoms with Crippen LogP contribution in [0.5, 0.6) is 0 Å². The summed E-state index contributed by atoms with van der Waals surface area (Å²) in [5.74, 6) is 0. The van der Waals surface area contributed by atoms with Crippen LogP contribution in [0.25, 0.3) is 0 Å². The maximum Gasteiger partial charge on any atom is 0.472 e. The minimum Gasteiger partial charge on any atom is -0.403 e. The number of halogens is 1. The second kappa shape index (κ2) is 4.60. The lowest BCUT2D eigenvalue weighted by atomic mass is 9.82. The van der Waals surface area contributed by atoms with Crippen molar-refractivity contribution in [3.8, 4) is 0 Å². The summed E-state index contributed by atoms with van der Waals surface area (Å²) in [4.78, 5) is 0. The summed E-state index contributed by atoms with van der Waals surface area (Å²) in [7, 11) is -0.157. The van der Waals surface area contributed by atoms with Crippen LogP contribution in [0.3, 0.4) is 0 Å². The molecule has 1 saturated heterocycles. The first-order valence-corrected chi connectivity index (χ1v) is 6.32. The fraction of sp³-hybridized carbons (Fsp3) is 0.818. The van der Waals surface area contributed by atoms with Crippen molar-refractivity contribution in [3.63, 3.8) is 0 Å². The molecule has 0 aromatic rings. The van der Waals surface area contributed by atoms with E-state index in [0.29, 0.717) is 0 Å². The Balaban J connectivity index is 2.58. The lowest BCUT2D eigenvalue weighted by molar-refractivity contribution is 0.00578. The highest BCUT2D eigenvalue weighted by molar-refractivity contribution is 9.10. The van der Waals surface area contributed by atoms with E-state index in [4.69, 9.17) is 9.31 Å². The normalized spacial score (nSPS) is 25.3. The zero-order chi connectivity index (χ0) is 11.7. The molecule has 1 fully saturated rings. The highest BCUT2D eigenvalue weighted by atomic mass is 79.9. The predicted molar refractivity (Wildman–Crippen MR) is 68.2 cm³/mol. The number of rotatable bonds is 4. The third kappa shape index (κ3) is 2.86. The Hall–Kier alpha value is 0.205. The van der Waals surface area contributed by atoms with Gasteiger partial charge in [0.1, 0.15) is 0 Å². The van der Waals surface area contributed by atoms with Gasteiger partial charge in [-0.15, -0.1) is 6.58 Å². The standard InChI is InChI=1S/C11H20BBrO2/c1-6-7-8-9(13)12-14-10(2,3)11(4,5)15-12/h6,9H,1,7-8H2,2-5H3. The van der Waals surface area contributed by atoms with Gasteiger partial charge in [-0.25, -0.2) is 0 Å². The average molecular weight is 275 g/mol. The fourth-order valence-electron chi connectivity index (χ4n) is 1.45. The Bertz CT molecular complexity index is 225. The van der Waals surface area contributed by atoms with Crippen molar-refractivity contribution in [2.24, 2.45) is 0 Å². The molecule has 0 aromatic heterocycles. The number of allylic oxidation sites excluding steroid dienone is 1. The van der Waals surface area contributed by atoms with Gasteiger partial charge in [0.05, 0.1) is 15.9 Å². The third-order valence-corrected chi connectivity index (χ3v) is 4.10. The van der Waals surface area contributed by atoms with Gasteiger partial charge in [-0.05, 0) is 40.5 Å². The van der Waals surface area contributed by atoms with Gasteiger partial charge in [-0.1, -0.05) is 22.0 Å². The molecule has 0 amide bonds. The lowest BCUT2D eigenvalue weighted by Crippen LogP contribution is -2.41. The molecule has 1 heterocycles. The molecule has 0 aliphatic carbocycles. The molecule has 4 heteroatoms. The molecule has 0 saturated carbocycles. The Labute approximate surface area is 102 Å².